The molecule has 1 aliphatic carbocycles. The number of hydrogen-bond acceptors (Lipinski definition) is 4. The van der Waals surface area contributed by atoms with E-state index in [1.54, 1.807) is 0 Å². The van der Waals surface area contributed by atoms with Crippen molar-refractivity contribution < 1.29 is 27.8 Å². The van der Waals surface area contributed by atoms with Gasteiger partial charge in [-0.05, 0) is 37.5 Å². The van der Waals surface area contributed by atoms with E-state index in [2.05, 4.69) is 5.32 Å². The molecule has 0 aliphatic heterocycles. The lowest BCUT2D eigenvalue weighted by Crippen LogP contribution is -2.38. The molecule has 1 aliphatic rings. The zero-order valence-corrected chi connectivity index (χ0v) is 13.1. The number of hydrogen-bond donors (Lipinski definition) is 3. The summed E-state index contributed by atoms with van der Waals surface area (Å²) in [6, 6.07) is 4.45. The molecule has 1 aromatic rings. The number of rotatable bonds is 6. The first kappa shape index (κ1) is 18.5. The van der Waals surface area contributed by atoms with Gasteiger partial charge in [0, 0.05) is 18.5 Å². The molecule has 1 saturated carbocycles. The normalized spacial score (nSPS) is 22.2. The van der Waals surface area contributed by atoms with Crippen LogP contribution in [0.5, 0.6) is 5.75 Å². The quantitative estimate of drug-likeness (QED) is 0.732. The number of nitrogens with one attached hydrogen (secondary N) is 1. The Labute approximate surface area is 138 Å². The zero-order valence-electron chi connectivity index (χ0n) is 13.1. The summed E-state index contributed by atoms with van der Waals surface area (Å²) in [7, 11) is 0. The molecule has 1 amide bonds. The monoisotopic (exact) mass is 346 g/mol. The number of aliphatic hydroxyl groups is 1. The summed E-state index contributed by atoms with van der Waals surface area (Å²) >= 11 is 0. The van der Waals surface area contributed by atoms with Gasteiger partial charge in [-0.3, -0.25) is 4.79 Å². The summed E-state index contributed by atoms with van der Waals surface area (Å²) in [4.78, 5) is 11.9. The summed E-state index contributed by atoms with van der Waals surface area (Å²) in [6.07, 6.45) is -3.31. The van der Waals surface area contributed by atoms with Gasteiger partial charge in [-0.25, -0.2) is 0 Å². The third-order valence-electron chi connectivity index (χ3n) is 3.96. The van der Waals surface area contributed by atoms with E-state index in [-0.39, 0.29) is 36.8 Å². The van der Waals surface area contributed by atoms with Crippen LogP contribution in [0.4, 0.5) is 13.2 Å². The smallest absolute Gasteiger partial charge is 0.416 e. The Morgan fingerprint density at radius 3 is 2.79 bits per heavy atom. The average Bonchev–Trinajstić information content (AvgIpc) is 2.96. The molecule has 0 aromatic heterocycles. The Balaban J connectivity index is 1.75. The van der Waals surface area contributed by atoms with Crippen molar-refractivity contribution in [3.8, 4) is 5.75 Å². The van der Waals surface area contributed by atoms with Gasteiger partial charge < -0.3 is 20.9 Å². The maximum Gasteiger partial charge on any atom is 0.416 e. The van der Waals surface area contributed by atoms with Gasteiger partial charge in [0.15, 0.2) is 0 Å². The van der Waals surface area contributed by atoms with E-state index < -0.39 is 17.8 Å². The maximum atomic E-state index is 12.6. The van der Waals surface area contributed by atoms with E-state index in [1.165, 1.54) is 12.1 Å². The summed E-state index contributed by atoms with van der Waals surface area (Å²) in [5, 5.41) is 12.4. The van der Waals surface area contributed by atoms with Crippen molar-refractivity contribution in [2.45, 2.75) is 37.6 Å². The number of carbonyl (C=O) groups is 1. The minimum atomic E-state index is -4.45. The number of carbonyl (C=O) groups excluding carboxylic acids is 1. The molecule has 134 valence electrons. The van der Waals surface area contributed by atoms with Crippen LogP contribution >= 0.6 is 0 Å². The molecular weight excluding hydrogens is 325 g/mol. The number of amides is 1. The van der Waals surface area contributed by atoms with Crippen molar-refractivity contribution in [2.75, 3.05) is 13.2 Å². The van der Waals surface area contributed by atoms with E-state index in [4.69, 9.17) is 10.5 Å². The van der Waals surface area contributed by atoms with Crippen molar-refractivity contribution in [1.82, 2.24) is 5.32 Å². The minimum absolute atomic E-state index is 0.0111. The second kappa shape index (κ2) is 7.85. The molecule has 0 radical (unpaired) electrons. The predicted molar refractivity (Wildman–Crippen MR) is 81.3 cm³/mol. The molecule has 5 nitrogen and oxygen atoms in total. The SMILES string of the molecule is NC1CCC(C(=O)NCC(O)COc2cccc(C(F)(F)F)c2)C1. The lowest BCUT2D eigenvalue weighted by molar-refractivity contribution is -0.137. The van der Waals surface area contributed by atoms with Crippen LogP contribution in [0.2, 0.25) is 0 Å². The third kappa shape index (κ3) is 5.38. The highest BCUT2D eigenvalue weighted by molar-refractivity contribution is 5.79. The van der Waals surface area contributed by atoms with E-state index in [1.807, 2.05) is 0 Å². The van der Waals surface area contributed by atoms with Gasteiger partial charge in [0.2, 0.25) is 5.91 Å². The fraction of sp³-hybridized carbons (Fsp3) is 0.562. The van der Waals surface area contributed by atoms with Crippen molar-refractivity contribution in [1.29, 1.82) is 0 Å². The fourth-order valence-corrected chi connectivity index (χ4v) is 2.63. The van der Waals surface area contributed by atoms with Crippen molar-refractivity contribution in [3.63, 3.8) is 0 Å². The molecule has 3 atom stereocenters. The van der Waals surface area contributed by atoms with Crippen molar-refractivity contribution in [2.24, 2.45) is 11.7 Å². The Morgan fingerprint density at radius 1 is 1.42 bits per heavy atom. The van der Waals surface area contributed by atoms with Crippen LogP contribution in [-0.2, 0) is 11.0 Å². The Morgan fingerprint density at radius 2 is 2.17 bits per heavy atom. The molecule has 2 rings (SSSR count). The van der Waals surface area contributed by atoms with Crippen LogP contribution in [0.15, 0.2) is 24.3 Å². The molecule has 1 aromatic carbocycles. The first-order valence-corrected chi connectivity index (χ1v) is 7.77. The molecular formula is C16H21F3N2O3. The molecule has 3 unspecified atom stereocenters. The summed E-state index contributed by atoms with van der Waals surface area (Å²) in [6.45, 7) is -0.241. The summed E-state index contributed by atoms with van der Waals surface area (Å²) < 4.78 is 42.9. The topological polar surface area (TPSA) is 84.6 Å². The number of benzene rings is 1. The van der Waals surface area contributed by atoms with Crippen LogP contribution in [0.1, 0.15) is 24.8 Å². The Kier molecular flexibility index (Phi) is 6.06. The van der Waals surface area contributed by atoms with Crippen LogP contribution in [0.25, 0.3) is 0 Å². The highest BCUT2D eigenvalue weighted by Gasteiger charge is 2.30. The number of halogens is 3. The molecule has 0 saturated heterocycles. The molecule has 0 heterocycles. The molecule has 24 heavy (non-hydrogen) atoms. The third-order valence-corrected chi connectivity index (χ3v) is 3.96. The van der Waals surface area contributed by atoms with Crippen LogP contribution < -0.4 is 15.8 Å². The van der Waals surface area contributed by atoms with Gasteiger partial charge in [0.25, 0.3) is 0 Å². The molecule has 0 spiro atoms. The van der Waals surface area contributed by atoms with Crippen LogP contribution in [-0.4, -0.2) is 36.3 Å². The Bertz CT molecular complexity index is 566. The van der Waals surface area contributed by atoms with Gasteiger partial charge >= 0.3 is 6.18 Å². The first-order valence-electron chi connectivity index (χ1n) is 7.77. The summed E-state index contributed by atoms with van der Waals surface area (Å²) in [5.41, 5.74) is 4.93. The van der Waals surface area contributed by atoms with Crippen LogP contribution in [0.3, 0.4) is 0 Å². The fourth-order valence-electron chi connectivity index (χ4n) is 2.63. The number of nitrogens with two attached hydrogens (primary N) is 1. The molecule has 0 bridgehead atoms. The second-order valence-corrected chi connectivity index (χ2v) is 6.01. The number of alkyl halides is 3. The lowest BCUT2D eigenvalue weighted by atomic mass is 10.1. The molecule has 8 heteroatoms. The minimum Gasteiger partial charge on any atom is -0.491 e. The predicted octanol–water partition coefficient (Wildman–Crippen LogP) is 1.69. The highest BCUT2D eigenvalue weighted by atomic mass is 19.4. The van der Waals surface area contributed by atoms with Gasteiger partial charge in [-0.15, -0.1) is 0 Å². The zero-order chi connectivity index (χ0) is 17.7. The van der Waals surface area contributed by atoms with Gasteiger partial charge in [0.1, 0.15) is 18.5 Å². The largest absolute Gasteiger partial charge is 0.491 e. The number of ether oxygens (including phenoxy) is 1. The maximum absolute atomic E-state index is 12.6. The first-order chi connectivity index (χ1) is 11.3. The van der Waals surface area contributed by atoms with E-state index in [9.17, 15) is 23.1 Å². The van der Waals surface area contributed by atoms with E-state index in [0.717, 1.165) is 25.0 Å². The molecule has 4 N–H and O–H groups in total. The van der Waals surface area contributed by atoms with E-state index >= 15 is 0 Å². The van der Waals surface area contributed by atoms with Gasteiger partial charge in [-0.2, -0.15) is 13.2 Å². The van der Waals surface area contributed by atoms with Gasteiger partial charge in [0.05, 0.1) is 5.56 Å². The Hall–Kier alpha value is -1.80. The average molecular weight is 346 g/mol. The second-order valence-electron chi connectivity index (χ2n) is 6.01. The lowest BCUT2D eigenvalue weighted by Gasteiger charge is -2.16. The van der Waals surface area contributed by atoms with E-state index in [0.29, 0.717) is 6.42 Å². The standard InChI is InChI=1S/C16H21F3N2O3/c17-16(18,19)11-2-1-3-14(7-11)24-9-13(22)8-21-15(23)10-4-5-12(20)6-10/h1-3,7,10,12-13,22H,4-6,8-9,20H2,(H,21,23). The molecule has 1 fully saturated rings. The highest BCUT2D eigenvalue weighted by Crippen LogP contribution is 2.31. The summed E-state index contributed by atoms with van der Waals surface area (Å²) in [5.74, 6) is -0.297. The van der Waals surface area contributed by atoms with Gasteiger partial charge in [-0.1, -0.05) is 6.07 Å². The van der Waals surface area contributed by atoms with Crippen molar-refractivity contribution >= 4 is 5.91 Å². The number of aliphatic hydroxyl groups excluding tert-OH is 1. The van der Waals surface area contributed by atoms with Crippen molar-refractivity contribution in [3.05, 3.63) is 29.8 Å². The van der Waals surface area contributed by atoms with Crippen LogP contribution in [0, 0.1) is 5.92 Å².